The highest BCUT2D eigenvalue weighted by molar-refractivity contribution is 7.08. The standard InChI is InChI=1S/C6H7NOS/c1-7-6(8)5-2-3-9-4-5/h2-4H,1H3,(H,7,8). The van der Waals surface area contributed by atoms with Crippen molar-refractivity contribution in [3.8, 4) is 0 Å². The zero-order valence-electron chi connectivity index (χ0n) is 5.05. The number of carbonyl (C=O) groups excluding carboxylic acids is 1. The highest BCUT2D eigenvalue weighted by Crippen LogP contribution is 2.04. The first-order valence-electron chi connectivity index (χ1n) is 2.59. The summed E-state index contributed by atoms with van der Waals surface area (Å²) in [6, 6.07) is 1.80. The summed E-state index contributed by atoms with van der Waals surface area (Å²) >= 11 is 1.52. The van der Waals surface area contributed by atoms with Crippen LogP contribution in [0.3, 0.4) is 0 Å². The van der Waals surface area contributed by atoms with Crippen molar-refractivity contribution in [2.75, 3.05) is 7.05 Å². The van der Waals surface area contributed by atoms with E-state index >= 15 is 0 Å². The second-order valence-corrected chi connectivity index (χ2v) is 2.37. The van der Waals surface area contributed by atoms with Crippen LogP contribution in [0.15, 0.2) is 16.8 Å². The molecule has 48 valence electrons. The second kappa shape index (κ2) is 2.64. The summed E-state index contributed by atoms with van der Waals surface area (Å²) < 4.78 is 0. The fourth-order valence-electron chi connectivity index (χ4n) is 0.538. The fraction of sp³-hybridized carbons (Fsp3) is 0.167. The molecule has 1 N–H and O–H groups in total. The molecule has 0 fully saturated rings. The fourth-order valence-corrected chi connectivity index (χ4v) is 1.17. The summed E-state index contributed by atoms with van der Waals surface area (Å²) in [4.78, 5) is 10.8. The van der Waals surface area contributed by atoms with Crippen LogP contribution in [0.5, 0.6) is 0 Å². The van der Waals surface area contributed by atoms with E-state index in [0.29, 0.717) is 0 Å². The highest BCUT2D eigenvalue weighted by Gasteiger charge is 1.99. The van der Waals surface area contributed by atoms with E-state index in [1.807, 2.05) is 10.8 Å². The summed E-state index contributed by atoms with van der Waals surface area (Å²) in [5.74, 6) is -0.0174. The Kier molecular flexibility index (Phi) is 1.85. The van der Waals surface area contributed by atoms with Crippen molar-refractivity contribution < 1.29 is 4.79 Å². The first kappa shape index (κ1) is 6.29. The molecule has 0 aliphatic carbocycles. The van der Waals surface area contributed by atoms with Crippen LogP contribution in [0.2, 0.25) is 0 Å². The molecular weight excluding hydrogens is 134 g/mol. The average Bonchev–Trinajstić information content (AvgIpc) is 2.37. The van der Waals surface area contributed by atoms with E-state index in [1.54, 1.807) is 13.1 Å². The van der Waals surface area contributed by atoms with Crippen molar-refractivity contribution in [1.82, 2.24) is 5.32 Å². The third-order valence-electron chi connectivity index (χ3n) is 1.01. The van der Waals surface area contributed by atoms with Gasteiger partial charge in [0.1, 0.15) is 0 Å². The summed E-state index contributed by atoms with van der Waals surface area (Å²) in [6.45, 7) is 0. The normalized spacial score (nSPS) is 9.00. The van der Waals surface area contributed by atoms with Crippen LogP contribution in [0.25, 0.3) is 0 Å². The van der Waals surface area contributed by atoms with Crippen LogP contribution in [-0.2, 0) is 0 Å². The van der Waals surface area contributed by atoms with Gasteiger partial charge in [0, 0.05) is 18.0 Å². The second-order valence-electron chi connectivity index (χ2n) is 1.59. The summed E-state index contributed by atoms with van der Waals surface area (Å²) in [5, 5.41) is 6.23. The third-order valence-corrected chi connectivity index (χ3v) is 1.69. The molecule has 0 saturated carbocycles. The molecule has 1 rings (SSSR count). The van der Waals surface area contributed by atoms with Crippen LogP contribution >= 0.6 is 11.3 Å². The maximum Gasteiger partial charge on any atom is 0.251 e. The Bertz CT molecular complexity index is 193. The van der Waals surface area contributed by atoms with Gasteiger partial charge in [-0.3, -0.25) is 4.79 Å². The summed E-state index contributed by atoms with van der Waals surface area (Å²) in [5.41, 5.74) is 0.738. The molecule has 0 bridgehead atoms. The van der Waals surface area contributed by atoms with Crippen molar-refractivity contribution in [2.24, 2.45) is 0 Å². The molecule has 9 heavy (non-hydrogen) atoms. The molecule has 2 nitrogen and oxygen atoms in total. The van der Waals surface area contributed by atoms with Gasteiger partial charge in [-0.05, 0) is 11.4 Å². The Balaban J connectivity index is 2.77. The minimum absolute atomic E-state index is 0.0174. The van der Waals surface area contributed by atoms with E-state index in [-0.39, 0.29) is 5.91 Å². The van der Waals surface area contributed by atoms with E-state index in [9.17, 15) is 4.79 Å². The monoisotopic (exact) mass is 141 g/mol. The molecule has 0 aliphatic rings. The quantitative estimate of drug-likeness (QED) is 0.623. The van der Waals surface area contributed by atoms with Crippen molar-refractivity contribution in [3.63, 3.8) is 0 Å². The number of nitrogens with one attached hydrogen (secondary N) is 1. The van der Waals surface area contributed by atoms with Crippen LogP contribution in [0.4, 0.5) is 0 Å². The van der Waals surface area contributed by atoms with E-state index in [0.717, 1.165) is 5.56 Å². The van der Waals surface area contributed by atoms with Gasteiger partial charge in [-0.1, -0.05) is 0 Å². The van der Waals surface area contributed by atoms with E-state index in [1.165, 1.54) is 11.3 Å². The minimum atomic E-state index is -0.0174. The number of thiophene rings is 1. The van der Waals surface area contributed by atoms with Gasteiger partial charge in [0.05, 0.1) is 0 Å². The number of rotatable bonds is 1. The predicted molar refractivity (Wildman–Crippen MR) is 37.7 cm³/mol. The van der Waals surface area contributed by atoms with Gasteiger partial charge in [-0.2, -0.15) is 11.3 Å². The van der Waals surface area contributed by atoms with Gasteiger partial charge in [0.25, 0.3) is 5.91 Å². The molecule has 0 aromatic carbocycles. The van der Waals surface area contributed by atoms with Gasteiger partial charge < -0.3 is 5.32 Å². The van der Waals surface area contributed by atoms with Crippen molar-refractivity contribution in [3.05, 3.63) is 22.4 Å². The lowest BCUT2D eigenvalue weighted by molar-refractivity contribution is 0.0963. The largest absolute Gasteiger partial charge is 0.355 e. The molecule has 1 aromatic heterocycles. The van der Waals surface area contributed by atoms with Crippen molar-refractivity contribution >= 4 is 17.2 Å². The van der Waals surface area contributed by atoms with Crippen LogP contribution in [-0.4, -0.2) is 13.0 Å². The molecule has 1 aromatic rings. The highest BCUT2D eigenvalue weighted by atomic mass is 32.1. The SMILES string of the molecule is CNC(=O)c1ccsc1. The van der Waals surface area contributed by atoms with E-state index in [4.69, 9.17) is 0 Å². The Morgan fingerprint density at radius 3 is 3.00 bits per heavy atom. The Morgan fingerprint density at radius 1 is 1.78 bits per heavy atom. The van der Waals surface area contributed by atoms with Crippen LogP contribution in [0.1, 0.15) is 10.4 Å². The summed E-state index contributed by atoms with van der Waals surface area (Å²) in [7, 11) is 1.62. The Hall–Kier alpha value is -0.830. The average molecular weight is 141 g/mol. The Labute approximate surface area is 57.5 Å². The smallest absolute Gasteiger partial charge is 0.251 e. The number of hydrogen-bond acceptors (Lipinski definition) is 2. The van der Waals surface area contributed by atoms with Crippen molar-refractivity contribution in [2.45, 2.75) is 0 Å². The molecule has 0 radical (unpaired) electrons. The number of hydrogen-bond donors (Lipinski definition) is 1. The van der Waals surface area contributed by atoms with Crippen LogP contribution < -0.4 is 5.32 Å². The van der Waals surface area contributed by atoms with E-state index < -0.39 is 0 Å². The molecule has 0 aliphatic heterocycles. The first-order valence-corrected chi connectivity index (χ1v) is 3.53. The third kappa shape index (κ3) is 1.29. The maximum absolute atomic E-state index is 10.8. The number of carbonyl (C=O) groups is 1. The van der Waals surface area contributed by atoms with Crippen LogP contribution in [0, 0.1) is 0 Å². The van der Waals surface area contributed by atoms with Gasteiger partial charge in [-0.15, -0.1) is 0 Å². The van der Waals surface area contributed by atoms with Crippen molar-refractivity contribution in [1.29, 1.82) is 0 Å². The van der Waals surface area contributed by atoms with Gasteiger partial charge in [-0.25, -0.2) is 0 Å². The number of amides is 1. The van der Waals surface area contributed by atoms with Gasteiger partial charge >= 0.3 is 0 Å². The van der Waals surface area contributed by atoms with E-state index in [2.05, 4.69) is 5.32 Å². The molecule has 1 heterocycles. The molecule has 0 saturated heterocycles. The minimum Gasteiger partial charge on any atom is -0.355 e. The van der Waals surface area contributed by atoms with Gasteiger partial charge in [0.15, 0.2) is 0 Å². The molecular formula is C6H7NOS. The maximum atomic E-state index is 10.8. The zero-order valence-corrected chi connectivity index (χ0v) is 5.87. The molecule has 3 heteroatoms. The first-order chi connectivity index (χ1) is 4.34. The molecule has 0 spiro atoms. The van der Waals surface area contributed by atoms with Gasteiger partial charge in [0.2, 0.25) is 0 Å². The zero-order chi connectivity index (χ0) is 6.69. The lowest BCUT2D eigenvalue weighted by atomic mass is 10.3. The molecule has 0 atom stereocenters. The molecule has 0 unspecified atom stereocenters. The molecule has 1 amide bonds. The topological polar surface area (TPSA) is 29.1 Å². The summed E-state index contributed by atoms with van der Waals surface area (Å²) in [6.07, 6.45) is 0. The predicted octanol–water partition coefficient (Wildman–Crippen LogP) is 1.11. The lowest BCUT2D eigenvalue weighted by Gasteiger charge is -1.90. The Morgan fingerprint density at radius 2 is 2.56 bits per heavy atom. The lowest BCUT2D eigenvalue weighted by Crippen LogP contribution is -2.16.